The first-order valence-electron chi connectivity index (χ1n) is 3.76. The zero-order chi connectivity index (χ0) is 8.32. The van der Waals surface area contributed by atoms with Gasteiger partial charge in [-0.25, -0.2) is 4.57 Å². The van der Waals surface area contributed by atoms with E-state index >= 15 is 0 Å². The summed E-state index contributed by atoms with van der Waals surface area (Å²) in [5, 5.41) is 0. The highest BCUT2D eigenvalue weighted by molar-refractivity contribution is 7.47. The van der Waals surface area contributed by atoms with Crippen molar-refractivity contribution in [2.75, 3.05) is 6.61 Å². The average molecular weight is 180 g/mol. The Hall–Kier alpha value is 0.110. The molecule has 0 aromatic carbocycles. The van der Waals surface area contributed by atoms with E-state index in [1.165, 1.54) is 0 Å². The van der Waals surface area contributed by atoms with Gasteiger partial charge in [-0.2, -0.15) is 0 Å². The summed E-state index contributed by atoms with van der Waals surface area (Å²) in [7, 11) is -3.71. The van der Waals surface area contributed by atoms with Crippen LogP contribution in [0.2, 0.25) is 0 Å². The van der Waals surface area contributed by atoms with Crippen molar-refractivity contribution >= 4 is 7.82 Å². The quantitative estimate of drug-likeness (QED) is 0.576. The van der Waals surface area contributed by atoms with Gasteiger partial charge in [0.2, 0.25) is 0 Å². The van der Waals surface area contributed by atoms with Crippen LogP contribution >= 0.6 is 7.82 Å². The van der Waals surface area contributed by atoms with Gasteiger partial charge in [0, 0.05) is 0 Å². The lowest BCUT2D eigenvalue weighted by Crippen LogP contribution is -2.11. The van der Waals surface area contributed by atoms with Crippen molar-refractivity contribution in [2.24, 2.45) is 0 Å². The Labute approximate surface area is 66.1 Å². The average Bonchev–Trinajstić information content (AvgIpc) is 1.82. The van der Waals surface area contributed by atoms with Gasteiger partial charge in [0.25, 0.3) is 0 Å². The summed E-state index contributed by atoms with van der Waals surface area (Å²) in [6.07, 6.45) is 2.47. The minimum atomic E-state index is -3.71. The maximum absolute atomic E-state index is 10.9. The van der Waals surface area contributed by atoms with Crippen molar-refractivity contribution < 1.29 is 18.5 Å². The second kappa shape index (κ2) is 3.68. The minimum Gasteiger partial charge on any atom is -0.302 e. The lowest BCUT2D eigenvalue weighted by molar-refractivity contribution is 0.0905. The van der Waals surface area contributed by atoms with E-state index in [-0.39, 0.29) is 6.10 Å². The summed E-state index contributed by atoms with van der Waals surface area (Å²) >= 11 is 0. The van der Waals surface area contributed by atoms with Crippen molar-refractivity contribution in [1.82, 2.24) is 0 Å². The third kappa shape index (κ3) is 3.34. The summed E-state index contributed by atoms with van der Waals surface area (Å²) in [5.41, 5.74) is 0. The van der Waals surface area contributed by atoms with E-state index in [1.54, 1.807) is 6.92 Å². The molecule has 11 heavy (non-hydrogen) atoms. The van der Waals surface area contributed by atoms with Crippen LogP contribution in [0.25, 0.3) is 0 Å². The lowest BCUT2D eigenvalue weighted by Gasteiger charge is -2.20. The van der Waals surface area contributed by atoms with Gasteiger partial charge in [-0.1, -0.05) is 0 Å². The molecule has 66 valence electrons. The lowest BCUT2D eigenvalue weighted by atomic mass is 10.2. The van der Waals surface area contributed by atoms with E-state index in [0.29, 0.717) is 6.61 Å². The summed E-state index contributed by atoms with van der Waals surface area (Å²) in [5.74, 6) is 0. The highest BCUT2D eigenvalue weighted by Crippen LogP contribution is 2.46. The van der Waals surface area contributed by atoms with Crippen LogP contribution in [0.3, 0.4) is 0 Å². The maximum Gasteiger partial charge on any atom is 0.472 e. The number of phosphoric ester groups is 1. The Balaban J connectivity index is 2.49. The van der Waals surface area contributed by atoms with Crippen LogP contribution in [0, 0.1) is 0 Å². The van der Waals surface area contributed by atoms with Gasteiger partial charge >= 0.3 is 7.82 Å². The molecular weight excluding hydrogens is 167 g/mol. The molecule has 1 N–H and O–H groups in total. The molecule has 4 nitrogen and oxygen atoms in total. The molecule has 0 spiro atoms. The van der Waals surface area contributed by atoms with Gasteiger partial charge in [0.05, 0.1) is 12.7 Å². The zero-order valence-corrected chi connectivity index (χ0v) is 7.42. The molecule has 0 aromatic heterocycles. The molecule has 1 saturated heterocycles. The first kappa shape index (κ1) is 9.20. The van der Waals surface area contributed by atoms with Gasteiger partial charge < -0.3 is 4.89 Å². The van der Waals surface area contributed by atoms with Crippen LogP contribution < -0.4 is 0 Å². The van der Waals surface area contributed by atoms with Crippen molar-refractivity contribution in [1.29, 1.82) is 0 Å². The standard InChI is InChI=1S/C6H13O4P/c1-6-4-2-3-5-9-11(7,8)10-6/h6H,2-5H2,1H3,(H,7,8). The first-order chi connectivity index (χ1) is 5.10. The van der Waals surface area contributed by atoms with Crippen molar-refractivity contribution in [3.63, 3.8) is 0 Å². The predicted molar refractivity (Wildman–Crippen MR) is 40.2 cm³/mol. The summed E-state index contributed by atoms with van der Waals surface area (Å²) < 4.78 is 20.3. The number of rotatable bonds is 0. The van der Waals surface area contributed by atoms with Gasteiger partial charge in [0.15, 0.2) is 0 Å². The molecule has 1 aliphatic rings. The Morgan fingerprint density at radius 1 is 1.55 bits per heavy atom. The summed E-state index contributed by atoms with van der Waals surface area (Å²) in [4.78, 5) is 8.96. The zero-order valence-electron chi connectivity index (χ0n) is 6.52. The molecule has 1 heterocycles. The minimum absolute atomic E-state index is 0.175. The SMILES string of the molecule is CC1CCCCOP(=O)(O)O1. The highest BCUT2D eigenvalue weighted by Gasteiger charge is 2.25. The summed E-state index contributed by atoms with van der Waals surface area (Å²) in [6.45, 7) is 2.10. The number of hydrogen-bond donors (Lipinski definition) is 1. The predicted octanol–water partition coefficient (Wildman–Crippen LogP) is 1.69. The van der Waals surface area contributed by atoms with Crippen LogP contribution in [0.15, 0.2) is 0 Å². The van der Waals surface area contributed by atoms with E-state index in [4.69, 9.17) is 9.42 Å². The Kier molecular flexibility index (Phi) is 3.07. The van der Waals surface area contributed by atoms with Crippen molar-refractivity contribution in [3.05, 3.63) is 0 Å². The largest absolute Gasteiger partial charge is 0.472 e. The van der Waals surface area contributed by atoms with E-state index < -0.39 is 7.82 Å². The normalized spacial score (nSPS) is 41.1. The Morgan fingerprint density at radius 2 is 2.27 bits per heavy atom. The molecule has 2 unspecified atom stereocenters. The molecule has 0 bridgehead atoms. The topological polar surface area (TPSA) is 55.8 Å². The van der Waals surface area contributed by atoms with Crippen molar-refractivity contribution in [3.8, 4) is 0 Å². The molecule has 0 saturated carbocycles. The number of hydrogen-bond acceptors (Lipinski definition) is 3. The van der Waals surface area contributed by atoms with Crippen LogP contribution in [-0.4, -0.2) is 17.6 Å². The third-order valence-corrected chi connectivity index (χ3v) is 2.71. The Bertz CT molecular complexity index is 170. The first-order valence-corrected chi connectivity index (χ1v) is 5.25. The van der Waals surface area contributed by atoms with Crippen molar-refractivity contribution in [2.45, 2.75) is 32.3 Å². The molecule has 1 aliphatic heterocycles. The maximum atomic E-state index is 10.9. The molecule has 1 rings (SSSR count). The van der Waals surface area contributed by atoms with E-state index in [0.717, 1.165) is 19.3 Å². The fraction of sp³-hybridized carbons (Fsp3) is 1.00. The van der Waals surface area contributed by atoms with E-state index in [9.17, 15) is 4.57 Å². The van der Waals surface area contributed by atoms with E-state index in [2.05, 4.69) is 4.52 Å². The Morgan fingerprint density at radius 3 is 3.00 bits per heavy atom. The van der Waals surface area contributed by atoms with Gasteiger partial charge in [-0.05, 0) is 26.2 Å². The van der Waals surface area contributed by atoms with Crippen LogP contribution in [-0.2, 0) is 13.6 Å². The fourth-order valence-corrected chi connectivity index (χ4v) is 2.01. The molecule has 5 heteroatoms. The smallest absolute Gasteiger partial charge is 0.302 e. The third-order valence-electron chi connectivity index (χ3n) is 1.57. The fourth-order valence-electron chi connectivity index (χ4n) is 1.02. The molecular formula is C6H13O4P. The number of phosphoric acid groups is 1. The van der Waals surface area contributed by atoms with Crippen LogP contribution in [0.1, 0.15) is 26.2 Å². The van der Waals surface area contributed by atoms with Gasteiger partial charge in [-0.3, -0.25) is 9.05 Å². The van der Waals surface area contributed by atoms with Gasteiger partial charge in [0.1, 0.15) is 0 Å². The molecule has 0 radical (unpaired) electrons. The van der Waals surface area contributed by atoms with E-state index in [1.807, 2.05) is 0 Å². The molecule has 0 amide bonds. The molecule has 1 fully saturated rings. The summed E-state index contributed by atoms with van der Waals surface area (Å²) in [6, 6.07) is 0. The molecule has 0 aromatic rings. The molecule has 2 atom stereocenters. The van der Waals surface area contributed by atoms with Crippen LogP contribution in [0.5, 0.6) is 0 Å². The molecule has 0 aliphatic carbocycles. The second-order valence-corrected chi connectivity index (χ2v) is 4.12. The monoisotopic (exact) mass is 180 g/mol. The second-order valence-electron chi connectivity index (χ2n) is 2.71. The van der Waals surface area contributed by atoms with Crippen LogP contribution in [0.4, 0.5) is 0 Å². The highest BCUT2D eigenvalue weighted by atomic mass is 31.2. The van der Waals surface area contributed by atoms with Gasteiger partial charge in [-0.15, -0.1) is 0 Å².